The third-order valence-corrected chi connectivity index (χ3v) is 4.51. The molecule has 1 amide bonds. The van der Waals surface area contributed by atoms with Gasteiger partial charge in [-0.15, -0.1) is 0 Å². The second-order valence-electron chi connectivity index (χ2n) is 6.28. The standard InChI is InChI=1S/C17H25FN2O/c1-12(2)14-5-6-17(21)20(8-7-14)11-15-4-3-13(10-19)9-16(15)18/h3-4,9,12,14H,5-8,10-11,19H2,1-2H3. The van der Waals surface area contributed by atoms with E-state index in [0.29, 0.717) is 36.9 Å². The second kappa shape index (κ2) is 7.03. The Hall–Kier alpha value is -1.42. The summed E-state index contributed by atoms with van der Waals surface area (Å²) in [4.78, 5) is 14.0. The fourth-order valence-corrected chi connectivity index (χ4v) is 2.94. The number of carbonyl (C=O) groups excluding carboxylic acids is 1. The number of amides is 1. The van der Waals surface area contributed by atoms with E-state index in [1.54, 1.807) is 11.0 Å². The van der Waals surface area contributed by atoms with Gasteiger partial charge in [0.15, 0.2) is 0 Å². The van der Waals surface area contributed by atoms with Gasteiger partial charge < -0.3 is 10.6 Å². The first-order valence-corrected chi connectivity index (χ1v) is 7.76. The maximum absolute atomic E-state index is 14.0. The minimum absolute atomic E-state index is 0.139. The molecule has 0 bridgehead atoms. The Balaban J connectivity index is 2.06. The molecule has 0 aliphatic carbocycles. The van der Waals surface area contributed by atoms with Gasteiger partial charge in [-0.25, -0.2) is 4.39 Å². The van der Waals surface area contributed by atoms with Gasteiger partial charge in [0.05, 0.1) is 0 Å². The minimum atomic E-state index is -0.268. The van der Waals surface area contributed by atoms with Gasteiger partial charge in [-0.2, -0.15) is 0 Å². The molecule has 0 aromatic heterocycles. The fourth-order valence-electron chi connectivity index (χ4n) is 2.94. The van der Waals surface area contributed by atoms with E-state index in [1.165, 1.54) is 6.07 Å². The van der Waals surface area contributed by atoms with Crippen LogP contribution in [0.4, 0.5) is 4.39 Å². The zero-order chi connectivity index (χ0) is 15.4. The van der Waals surface area contributed by atoms with E-state index in [-0.39, 0.29) is 11.7 Å². The van der Waals surface area contributed by atoms with Crippen molar-refractivity contribution in [3.05, 3.63) is 35.1 Å². The van der Waals surface area contributed by atoms with Crippen LogP contribution in [0.3, 0.4) is 0 Å². The molecular formula is C17H25FN2O. The van der Waals surface area contributed by atoms with E-state index >= 15 is 0 Å². The maximum Gasteiger partial charge on any atom is 0.222 e. The smallest absolute Gasteiger partial charge is 0.222 e. The summed E-state index contributed by atoms with van der Waals surface area (Å²) in [6.45, 7) is 5.82. The van der Waals surface area contributed by atoms with Crippen molar-refractivity contribution in [2.75, 3.05) is 6.54 Å². The third kappa shape index (κ3) is 4.03. The molecule has 1 aromatic carbocycles. The Kier molecular flexibility index (Phi) is 5.34. The van der Waals surface area contributed by atoms with Gasteiger partial charge in [-0.3, -0.25) is 4.79 Å². The van der Waals surface area contributed by atoms with E-state index in [4.69, 9.17) is 5.73 Å². The summed E-state index contributed by atoms with van der Waals surface area (Å²) >= 11 is 0. The Labute approximate surface area is 126 Å². The quantitative estimate of drug-likeness (QED) is 0.927. The number of rotatable bonds is 4. The molecule has 1 aliphatic heterocycles. The van der Waals surface area contributed by atoms with Crippen LogP contribution in [0.5, 0.6) is 0 Å². The van der Waals surface area contributed by atoms with Crippen LogP contribution in [0, 0.1) is 17.7 Å². The Morgan fingerprint density at radius 1 is 1.38 bits per heavy atom. The van der Waals surface area contributed by atoms with Crippen molar-refractivity contribution in [1.82, 2.24) is 4.90 Å². The van der Waals surface area contributed by atoms with Gasteiger partial charge in [0.1, 0.15) is 5.82 Å². The molecule has 2 N–H and O–H groups in total. The van der Waals surface area contributed by atoms with Gasteiger partial charge in [0, 0.05) is 31.6 Å². The van der Waals surface area contributed by atoms with Crippen LogP contribution in [0.15, 0.2) is 18.2 Å². The van der Waals surface area contributed by atoms with E-state index in [9.17, 15) is 9.18 Å². The highest BCUT2D eigenvalue weighted by Crippen LogP contribution is 2.26. The zero-order valence-electron chi connectivity index (χ0n) is 12.9. The first-order valence-electron chi connectivity index (χ1n) is 7.76. The molecule has 1 aliphatic rings. The van der Waals surface area contributed by atoms with Crippen LogP contribution >= 0.6 is 0 Å². The summed E-state index contributed by atoms with van der Waals surface area (Å²) in [5.74, 6) is 1.05. The van der Waals surface area contributed by atoms with Crippen LogP contribution in [0.2, 0.25) is 0 Å². The molecule has 0 spiro atoms. The molecule has 1 fully saturated rings. The molecule has 4 heteroatoms. The summed E-state index contributed by atoms with van der Waals surface area (Å²) in [6, 6.07) is 5.04. The van der Waals surface area contributed by atoms with Crippen molar-refractivity contribution in [3.63, 3.8) is 0 Å². The van der Waals surface area contributed by atoms with Gasteiger partial charge >= 0.3 is 0 Å². The summed E-state index contributed by atoms with van der Waals surface area (Å²) in [6.07, 6.45) is 2.53. The SMILES string of the molecule is CC(C)C1CCC(=O)N(Cc2ccc(CN)cc2F)CC1. The summed E-state index contributed by atoms with van der Waals surface area (Å²) < 4.78 is 14.0. The molecule has 1 saturated heterocycles. The first-order chi connectivity index (χ1) is 10.0. The molecule has 1 atom stereocenters. The largest absolute Gasteiger partial charge is 0.338 e. The Morgan fingerprint density at radius 3 is 2.76 bits per heavy atom. The van der Waals surface area contributed by atoms with E-state index in [1.807, 2.05) is 6.07 Å². The van der Waals surface area contributed by atoms with Crippen molar-refractivity contribution in [1.29, 1.82) is 0 Å². The molecule has 21 heavy (non-hydrogen) atoms. The normalized spacial score (nSPS) is 20.0. The highest BCUT2D eigenvalue weighted by molar-refractivity contribution is 5.76. The van der Waals surface area contributed by atoms with Crippen LogP contribution in [-0.2, 0) is 17.9 Å². The molecule has 0 saturated carbocycles. The van der Waals surface area contributed by atoms with Crippen molar-refractivity contribution in [2.45, 2.75) is 46.2 Å². The highest BCUT2D eigenvalue weighted by atomic mass is 19.1. The summed E-state index contributed by atoms with van der Waals surface area (Å²) in [5.41, 5.74) is 6.86. The van der Waals surface area contributed by atoms with Gasteiger partial charge in [0.2, 0.25) is 5.91 Å². The number of benzene rings is 1. The average molecular weight is 292 g/mol. The van der Waals surface area contributed by atoms with Crippen molar-refractivity contribution < 1.29 is 9.18 Å². The van der Waals surface area contributed by atoms with Crippen LogP contribution in [0.25, 0.3) is 0 Å². The monoisotopic (exact) mass is 292 g/mol. The van der Waals surface area contributed by atoms with Gasteiger partial charge in [-0.1, -0.05) is 26.0 Å². The predicted molar refractivity (Wildman–Crippen MR) is 81.9 cm³/mol. The lowest BCUT2D eigenvalue weighted by atomic mass is 9.89. The van der Waals surface area contributed by atoms with Gasteiger partial charge in [0.25, 0.3) is 0 Å². The van der Waals surface area contributed by atoms with Crippen LogP contribution in [-0.4, -0.2) is 17.4 Å². The third-order valence-electron chi connectivity index (χ3n) is 4.51. The number of likely N-dealkylation sites (tertiary alicyclic amines) is 1. The number of nitrogens with two attached hydrogens (primary N) is 1. The number of hydrogen-bond donors (Lipinski definition) is 1. The molecular weight excluding hydrogens is 267 g/mol. The van der Waals surface area contributed by atoms with Crippen LogP contribution in [0.1, 0.15) is 44.2 Å². The van der Waals surface area contributed by atoms with E-state index in [0.717, 1.165) is 24.9 Å². The number of halogens is 1. The molecule has 1 aromatic rings. The lowest BCUT2D eigenvalue weighted by Crippen LogP contribution is -2.30. The lowest BCUT2D eigenvalue weighted by molar-refractivity contribution is -0.131. The predicted octanol–water partition coefficient (Wildman–Crippen LogP) is 3.07. The second-order valence-corrected chi connectivity index (χ2v) is 6.28. The van der Waals surface area contributed by atoms with Gasteiger partial charge in [-0.05, 0) is 36.3 Å². The molecule has 0 radical (unpaired) electrons. The topological polar surface area (TPSA) is 46.3 Å². The minimum Gasteiger partial charge on any atom is -0.338 e. The molecule has 2 rings (SSSR count). The average Bonchev–Trinajstić information content (AvgIpc) is 2.64. The highest BCUT2D eigenvalue weighted by Gasteiger charge is 2.24. The van der Waals surface area contributed by atoms with Crippen molar-refractivity contribution >= 4 is 5.91 Å². The number of hydrogen-bond acceptors (Lipinski definition) is 2. The molecule has 1 unspecified atom stereocenters. The lowest BCUT2D eigenvalue weighted by Gasteiger charge is -2.22. The van der Waals surface area contributed by atoms with E-state index < -0.39 is 0 Å². The van der Waals surface area contributed by atoms with E-state index in [2.05, 4.69) is 13.8 Å². The fraction of sp³-hybridized carbons (Fsp3) is 0.588. The summed E-state index contributed by atoms with van der Waals surface area (Å²) in [5, 5.41) is 0. The first kappa shape index (κ1) is 16.0. The summed E-state index contributed by atoms with van der Waals surface area (Å²) in [7, 11) is 0. The Bertz CT molecular complexity index is 502. The number of nitrogens with zero attached hydrogens (tertiary/aromatic N) is 1. The Morgan fingerprint density at radius 2 is 2.14 bits per heavy atom. The molecule has 1 heterocycles. The van der Waals surface area contributed by atoms with Crippen LogP contribution < -0.4 is 5.73 Å². The van der Waals surface area contributed by atoms with Crippen molar-refractivity contribution in [2.24, 2.45) is 17.6 Å². The maximum atomic E-state index is 14.0. The number of carbonyl (C=O) groups is 1. The zero-order valence-corrected chi connectivity index (χ0v) is 12.9. The molecule has 116 valence electrons. The molecule has 3 nitrogen and oxygen atoms in total. The van der Waals surface area contributed by atoms with Crippen molar-refractivity contribution in [3.8, 4) is 0 Å².